The van der Waals surface area contributed by atoms with Crippen molar-refractivity contribution in [1.82, 2.24) is 15.8 Å². The van der Waals surface area contributed by atoms with Gasteiger partial charge in [0.2, 0.25) is 0 Å². The molecule has 0 bridgehead atoms. The third-order valence-corrected chi connectivity index (χ3v) is 4.72. The van der Waals surface area contributed by atoms with Crippen LogP contribution >= 0.6 is 15.9 Å². The standard InChI is InChI=1S/C19H26BrFN4O/c1-13-17(14(2)26-25-13)7-5-11-24-19(22-3)23-10-4-6-15-8-9-16(20)12-18(15)21/h8-9,12H,4-7,10-11H2,1-3H3,(H2,22,23,24). The van der Waals surface area contributed by atoms with Gasteiger partial charge in [0, 0.05) is 30.2 Å². The SMILES string of the molecule is CN=C(NCCCc1ccc(Br)cc1F)NCCCc1c(C)noc1C. The second-order valence-electron chi connectivity index (χ2n) is 6.17. The van der Waals surface area contributed by atoms with Crippen molar-refractivity contribution in [2.24, 2.45) is 4.99 Å². The summed E-state index contributed by atoms with van der Waals surface area (Å²) in [6.07, 6.45) is 3.41. The lowest BCUT2D eigenvalue weighted by Crippen LogP contribution is -2.38. The number of aliphatic imine (C=N–C) groups is 1. The molecule has 5 nitrogen and oxygen atoms in total. The Morgan fingerprint density at radius 3 is 2.46 bits per heavy atom. The number of rotatable bonds is 8. The minimum atomic E-state index is -0.166. The minimum Gasteiger partial charge on any atom is -0.361 e. The quantitative estimate of drug-likeness (QED) is 0.382. The lowest BCUT2D eigenvalue weighted by molar-refractivity contribution is 0.392. The largest absolute Gasteiger partial charge is 0.361 e. The molecule has 0 aliphatic rings. The normalized spacial score (nSPS) is 11.7. The molecule has 26 heavy (non-hydrogen) atoms. The number of nitrogens with zero attached hydrogens (tertiary/aromatic N) is 2. The minimum absolute atomic E-state index is 0.166. The zero-order chi connectivity index (χ0) is 18.9. The second kappa shape index (κ2) is 10.3. The molecule has 0 unspecified atom stereocenters. The third-order valence-electron chi connectivity index (χ3n) is 4.23. The molecule has 2 aromatic rings. The average Bonchev–Trinajstić information content (AvgIpc) is 2.93. The number of benzene rings is 1. The van der Waals surface area contributed by atoms with Crippen LogP contribution in [-0.2, 0) is 12.8 Å². The molecule has 1 aromatic heterocycles. The van der Waals surface area contributed by atoms with E-state index in [1.54, 1.807) is 7.05 Å². The van der Waals surface area contributed by atoms with Gasteiger partial charge < -0.3 is 15.2 Å². The van der Waals surface area contributed by atoms with E-state index in [4.69, 9.17) is 4.52 Å². The monoisotopic (exact) mass is 424 g/mol. The van der Waals surface area contributed by atoms with Crippen LogP contribution in [0.25, 0.3) is 0 Å². The Labute approximate surface area is 162 Å². The highest BCUT2D eigenvalue weighted by atomic mass is 79.9. The summed E-state index contributed by atoms with van der Waals surface area (Å²) in [5.74, 6) is 1.49. The first kappa shape index (κ1) is 20.4. The third kappa shape index (κ3) is 6.12. The van der Waals surface area contributed by atoms with Crippen LogP contribution in [0, 0.1) is 19.7 Å². The molecule has 142 valence electrons. The summed E-state index contributed by atoms with van der Waals surface area (Å²) >= 11 is 3.27. The van der Waals surface area contributed by atoms with Gasteiger partial charge in [-0.25, -0.2) is 4.39 Å². The van der Waals surface area contributed by atoms with Gasteiger partial charge in [0.1, 0.15) is 11.6 Å². The molecule has 0 spiro atoms. The van der Waals surface area contributed by atoms with E-state index in [1.165, 1.54) is 11.6 Å². The van der Waals surface area contributed by atoms with Crippen LogP contribution in [0.4, 0.5) is 4.39 Å². The molecule has 0 aliphatic carbocycles. The molecule has 2 N–H and O–H groups in total. The van der Waals surface area contributed by atoms with Gasteiger partial charge in [-0.1, -0.05) is 27.2 Å². The molecule has 1 aromatic carbocycles. The van der Waals surface area contributed by atoms with E-state index in [9.17, 15) is 4.39 Å². The number of hydrogen-bond donors (Lipinski definition) is 2. The Bertz CT molecular complexity index is 726. The second-order valence-corrected chi connectivity index (χ2v) is 7.09. The van der Waals surface area contributed by atoms with Crippen LogP contribution in [-0.4, -0.2) is 31.3 Å². The van der Waals surface area contributed by atoms with Gasteiger partial charge in [-0.3, -0.25) is 4.99 Å². The fourth-order valence-corrected chi connectivity index (χ4v) is 3.09. The fraction of sp³-hybridized carbons (Fsp3) is 0.474. The molecule has 0 fully saturated rings. The molecule has 0 saturated carbocycles. The number of guanidine groups is 1. The maximum absolute atomic E-state index is 13.8. The van der Waals surface area contributed by atoms with Crippen LogP contribution < -0.4 is 10.6 Å². The van der Waals surface area contributed by atoms with Gasteiger partial charge in [0.15, 0.2) is 5.96 Å². The van der Waals surface area contributed by atoms with E-state index >= 15 is 0 Å². The Morgan fingerprint density at radius 1 is 1.19 bits per heavy atom. The Kier molecular flexibility index (Phi) is 8.09. The molecule has 2 rings (SSSR count). The van der Waals surface area contributed by atoms with Crippen molar-refractivity contribution >= 4 is 21.9 Å². The zero-order valence-corrected chi connectivity index (χ0v) is 17.1. The van der Waals surface area contributed by atoms with Gasteiger partial charge in [0.05, 0.1) is 5.69 Å². The van der Waals surface area contributed by atoms with E-state index in [0.29, 0.717) is 6.42 Å². The number of nitrogens with one attached hydrogen (secondary N) is 2. The Hall–Kier alpha value is -1.89. The summed E-state index contributed by atoms with van der Waals surface area (Å²) in [6, 6.07) is 5.19. The van der Waals surface area contributed by atoms with E-state index < -0.39 is 0 Å². The average molecular weight is 425 g/mol. The van der Waals surface area contributed by atoms with Crippen LogP contribution in [0.15, 0.2) is 32.2 Å². The van der Waals surface area contributed by atoms with Crippen LogP contribution in [0.1, 0.15) is 35.4 Å². The Balaban J connectivity index is 1.65. The maximum atomic E-state index is 13.8. The molecule has 0 aliphatic heterocycles. The lowest BCUT2D eigenvalue weighted by atomic mass is 10.1. The first-order chi connectivity index (χ1) is 12.5. The number of aryl methyl sites for hydroxylation is 3. The topological polar surface area (TPSA) is 62.5 Å². The predicted molar refractivity (Wildman–Crippen MR) is 106 cm³/mol. The maximum Gasteiger partial charge on any atom is 0.190 e. The first-order valence-electron chi connectivity index (χ1n) is 8.81. The van der Waals surface area contributed by atoms with Crippen LogP contribution in [0.3, 0.4) is 0 Å². The Morgan fingerprint density at radius 2 is 1.88 bits per heavy atom. The van der Waals surface area contributed by atoms with E-state index in [0.717, 1.165) is 59.8 Å². The van der Waals surface area contributed by atoms with Gasteiger partial charge in [-0.2, -0.15) is 0 Å². The van der Waals surface area contributed by atoms with E-state index in [2.05, 4.69) is 36.7 Å². The predicted octanol–water partition coefficient (Wildman–Crippen LogP) is 3.92. The highest BCUT2D eigenvalue weighted by Gasteiger charge is 2.08. The first-order valence-corrected chi connectivity index (χ1v) is 9.60. The summed E-state index contributed by atoms with van der Waals surface area (Å²) < 4.78 is 19.7. The summed E-state index contributed by atoms with van der Waals surface area (Å²) in [5.41, 5.74) is 2.88. The number of halogens is 2. The molecular formula is C19H26BrFN4O. The van der Waals surface area contributed by atoms with Gasteiger partial charge >= 0.3 is 0 Å². The van der Waals surface area contributed by atoms with Crippen LogP contribution in [0.2, 0.25) is 0 Å². The van der Waals surface area contributed by atoms with Crippen molar-refractivity contribution in [3.63, 3.8) is 0 Å². The molecular weight excluding hydrogens is 399 g/mol. The number of aromatic nitrogens is 1. The van der Waals surface area contributed by atoms with Gasteiger partial charge in [0.25, 0.3) is 0 Å². The fourth-order valence-electron chi connectivity index (χ4n) is 2.76. The summed E-state index contributed by atoms with van der Waals surface area (Å²) in [6.45, 7) is 5.45. The van der Waals surface area contributed by atoms with Crippen LogP contribution in [0.5, 0.6) is 0 Å². The van der Waals surface area contributed by atoms with Crippen molar-refractivity contribution in [2.75, 3.05) is 20.1 Å². The van der Waals surface area contributed by atoms with Crippen molar-refractivity contribution in [2.45, 2.75) is 39.5 Å². The molecule has 0 amide bonds. The van der Waals surface area contributed by atoms with Gasteiger partial charge in [-0.05, 0) is 57.2 Å². The molecule has 1 heterocycles. The number of hydrogen-bond acceptors (Lipinski definition) is 3. The summed E-state index contributed by atoms with van der Waals surface area (Å²) in [5, 5.41) is 10.5. The highest BCUT2D eigenvalue weighted by Crippen LogP contribution is 2.16. The van der Waals surface area contributed by atoms with E-state index in [1.807, 2.05) is 26.0 Å². The molecule has 0 atom stereocenters. The van der Waals surface area contributed by atoms with Crippen molar-refractivity contribution < 1.29 is 8.91 Å². The molecule has 7 heteroatoms. The molecule has 0 radical (unpaired) electrons. The van der Waals surface area contributed by atoms with Crippen molar-refractivity contribution in [3.8, 4) is 0 Å². The smallest absolute Gasteiger partial charge is 0.190 e. The summed E-state index contributed by atoms with van der Waals surface area (Å²) in [7, 11) is 1.75. The van der Waals surface area contributed by atoms with Gasteiger partial charge in [-0.15, -0.1) is 0 Å². The summed E-state index contributed by atoms with van der Waals surface area (Å²) in [4.78, 5) is 4.21. The lowest BCUT2D eigenvalue weighted by Gasteiger charge is -2.12. The zero-order valence-electron chi connectivity index (χ0n) is 15.5. The molecule has 0 saturated heterocycles. The highest BCUT2D eigenvalue weighted by molar-refractivity contribution is 9.10. The van der Waals surface area contributed by atoms with E-state index in [-0.39, 0.29) is 5.82 Å². The van der Waals surface area contributed by atoms with Crippen molar-refractivity contribution in [3.05, 3.63) is 51.1 Å². The van der Waals surface area contributed by atoms with Crippen molar-refractivity contribution in [1.29, 1.82) is 0 Å².